The van der Waals surface area contributed by atoms with Gasteiger partial charge in [0.2, 0.25) is 11.8 Å². The van der Waals surface area contributed by atoms with Crippen LogP contribution < -0.4 is 10.2 Å². The normalized spacial score (nSPS) is 15.8. The van der Waals surface area contributed by atoms with E-state index in [1.807, 2.05) is 11.8 Å². The molecule has 1 aromatic rings. The van der Waals surface area contributed by atoms with E-state index in [9.17, 15) is 10.1 Å². The smallest absolute Gasteiger partial charge is 0.329 e. The molecule has 2 heterocycles. The van der Waals surface area contributed by atoms with Gasteiger partial charge in [-0.1, -0.05) is 6.92 Å². The van der Waals surface area contributed by atoms with Gasteiger partial charge in [0.05, 0.1) is 11.5 Å². The minimum Gasteiger partial charge on any atom is -0.380 e. The van der Waals surface area contributed by atoms with Crippen molar-refractivity contribution in [2.24, 2.45) is 0 Å². The quantitative estimate of drug-likeness (QED) is 0.644. The van der Waals surface area contributed by atoms with E-state index >= 15 is 0 Å². The van der Waals surface area contributed by atoms with Crippen molar-refractivity contribution in [2.75, 3.05) is 43.1 Å². The fraction of sp³-hybridized carbons (Fsp3) is 0.667. The van der Waals surface area contributed by atoms with E-state index in [1.54, 1.807) is 0 Å². The summed E-state index contributed by atoms with van der Waals surface area (Å²) in [4.78, 5) is 20.9. The molecule has 20 heavy (non-hydrogen) atoms. The predicted octanol–water partition coefficient (Wildman–Crippen LogP) is 1.43. The lowest BCUT2D eigenvalue weighted by molar-refractivity contribution is -0.384. The summed E-state index contributed by atoms with van der Waals surface area (Å²) in [6, 6.07) is 0. The van der Waals surface area contributed by atoms with E-state index in [0.29, 0.717) is 38.1 Å². The zero-order valence-corrected chi connectivity index (χ0v) is 11.5. The van der Waals surface area contributed by atoms with E-state index in [2.05, 4.69) is 15.3 Å². The van der Waals surface area contributed by atoms with Crippen molar-refractivity contribution in [3.8, 4) is 0 Å². The number of nitrogens with one attached hydrogen (secondary N) is 1. The molecule has 0 saturated carbocycles. The molecule has 0 aromatic carbocycles. The number of hydrogen-bond donors (Lipinski definition) is 1. The lowest BCUT2D eigenvalue weighted by Gasteiger charge is -2.20. The highest BCUT2D eigenvalue weighted by Gasteiger charge is 2.23. The second-order valence-electron chi connectivity index (χ2n) is 4.54. The second kappa shape index (κ2) is 6.99. The third-order valence-electron chi connectivity index (χ3n) is 3.00. The highest BCUT2D eigenvalue weighted by molar-refractivity contribution is 5.59. The molecule has 0 radical (unpaired) electrons. The fourth-order valence-electron chi connectivity index (χ4n) is 2.01. The van der Waals surface area contributed by atoms with E-state index in [-0.39, 0.29) is 5.69 Å². The van der Waals surface area contributed by atoms with Gasteiger partial charge in [-0.15, -0.1) is 0 Å². The molecule has 110 valence electrons. The van der Waals surface area contributed by atoms with Crippen molar-refractivity contribution < 1.29 is 9.66 Å². The minimum absolute atomic E-state index is 0.0612. The molecule has 0 amide bonds. The van der Waals surface area contributed by atoms with Crippen LogP contribution in [0.5, 0.6) is 0 Å². The maximum atomic E-state index is 11.1. The van der Waals surface area contributed by atoms with Gasteiger partial charge in [-0.05, 0) is 12.8 Å². The summed E-state index contributed by atoms with van der Waals surface area (Å²) in [5.74, 6) is 0.798. The molecule has 2 rings (SSSR count). The number of aromatic nitrogens is 2. The van der Waals surface area contributed by atoms with Gasteiger partial charge >= 0.3 is 5.69 Å². The summed E-state index contributed by atoms with van der Waals surface area (Å²) in [6.45, 7) is 5.30. The van der Waals surface area contributed by atoms with E-state index in [4.69, 9.17) is 4.74 Å². The number of nitrogens with zero attached hydrogens (tertiary/aromatic N) is 4. The SMILES string of the molecule is CCCNc1ncc([N+](=O)[O-])c(N2CCCOCC2)n1. The molecular weight excluding hydrogens is 262 g/mol. The molecule has 0 spiro atoms. The van der Waals surface area contributed by atoms with Crippen LogP contribution in [0.15, 0.2) is 6.20 Å². The van der Waals surface area contributed by atoms with Crippen molar-refractivity contribution in [1.29, 1.82) is 0 Å². The van der Waals surface area contributed by atoms with Gasteiger partial charge in [0.1, 0.15) is 6.20 Å². The maximum absolute atomic E-state index is 11.1. The first kappa shape index (κ1) is 14.4. The first-order chi connectivity index (χ1) is 9.72. The first-order valence-electron chi connectivity index (χ1n) is 6.80. The van der Waals surface area contributed by atoms with Crippen LogP contribution in [0.25, 0.3) is 0 Å². The second-order valence-corrected chi connectivity index (χ2v) is 4.54. The zero-order chi connectivity index (χ0) is 14.4. The molecule has 1 aliphatic rings. The number of rotatable bonds is 5. The Labute approximate surface area is 117 Å². The van der Waals surface area contributed by atoms with E-state index in [0.717, 1.165) is 19.4 Å². The highest BCUT2D eigenvalue weighted by atomic mass is 16.6. The predicted molar refractivity (Wildman–Crippen MR) is 75.1 cm³/mol. The van der Waals surface area contributed by atoms with E-state index < -0.39 is 4.92 Å². The molecule has 8 heteroatoms. The summed E-state index contributed by atoms with van der Waals surface area (Å²) in [5.41, 5.74) is -0.0612. The number of hydrogen-bond acceptors (Lipinski definition) is 7. The van der Waals surface area contributed by atoms with Gasteiger partial charge in [-0.25, -0.2) is 4.98 Å². The Hall–Kier alpha value is -1.96. The third-order valence-corrected chi connectivity index (χ3v) is 3.00. The maximum Gasteiger partial charge on any atom is 0.329 e. The Balaban J connectivity index is 2.27. The summed E-state index contributed by atoms with van der Waals surface area (Å²) >= 11 is 0. The van der Waals surface area contributed by atoms with Crippen molar-refractivity contribution in [1.82, 2.24) is 9.97 Å². The van der Waals surface area contributed by atoms with Gasteiger partial charge in [0.25, 0.3) is 0 Å². The van der Waals surface area contributed by atoms with Crippen LogP contribution >= 0.6 is 0 Å². The molecular formula is C12H19N5O3. The average Bonchev–Trinajstić information content (AvgIpc) is 2.73. The van der Waals surface area contributed by atoms with Crippen molar-refractivity contribution >= 4 is 17.5 Å². The summed E-state index contributed by atoms with van der Waals surface area (Å²) in [7, 11) is 0. The molecule has 0 unspecified atom stereocenters. The molecule has 0 bridgehead atoms. The summed E-state index contributed by atoms with van der Waals surface area (Å²) in [6.07, 6.45) is 3.04. The first-order valence-corrected chi connectivity index (χ1v) is 6.80. The van der Waals surface area contributed by atoms with Gasteiger partial charge in [0.15, 0.2) is 0 Å². The van der Waals surface area contributed by atoms with E-state index in [1.165, 1.54) is 6.20 Å². The summed E-state index contributed by atoms with van der Waals surface area (Å²) < 4.78 is 5.37. The molecule has 1 fully saturated rings. The number of anilines is 2. The molecule has 0 atom stereocenters. The Morgan fingerprint density at radius 2 is 2.35 bits per heavy atom. The van der Waals surface area contributed by atoms with Crippen molar-refractivity contribution in [3.05, 3.63) is 16.3 Å². The van der Waals surface area contributed by atoms with Crippen LogP contribution in [0.1, 0.15) is 19.8 Å². The molecule has 0 aliphatic carbocycles. The van der Waals surface area contributed by atoms with Crippen LogP contribution in [0.3, 0.4) is 0 Å². The fourth-order valence-corrected chi connectivity index (χ4v) is 2.01. The topological polar surface area (TPSA) is 93.4 Å². The number of ether oxygens (including phenoxy) is 1. The monoisotopic (exact) mass is 281 g/mol. The Morgan fingerprint density at radius 1 is 1.50 bits per heavy atom. The van der Waals surface area contributed by atoms with Crippen LogP contribution in [0.2, 0.25) is 0 Å². The Morgan fingerprint density at radius 3 is 3.10 bits per heavy atom. The largest absolute Gasteiger partial charge is 0.380 e. The zero-order valence-electron chi connectivity index (χ0n) is 11.5. The summed E-state index contributed by atoms with van der Waals surface area (Å²) in [5, 5.41) is 14.2. The van der Waals surface area contributed by atoms with Gasteiger partial charge < -0.3 is 15.0 Å². The Bertz CT molecular complexity index is 460. The van der Waals surface area contributed by atoms with Crippen molar-refractivity contribution in [3.63, 3.8) is 0 Å². The lowest BCUT2D eigenvalue weighted by Crippen LogP contribution is -2.28. The molecule has 8 nitrogen and oxygen atoms in total. The van der Waals surface area contributed by atoms with Crippen molar-refractivity contribution in [2.45, 2.75) is 19.8 Å². The van der Waals surface area contributed by atoms with Gasteiger partial charge in [0, 0.05) is 26.2 Å². The van der Waals surface area contributed by atoms with Crippen LogP contribution in [-0.2, 0) is 4.74 Å². The minimum atomic E-state index is -0.440. The highest BCUT2D eigenvalue weighted by Crippen LogP contribution is 2.26. The molecule has 1 aromatic heterocycles. The molecule has 1 aliphatic heterocycles. The van der Waals surface area contributed by atoms with Crippen LogP contribution in [-0.4, -0.2) is 47.7 Å². The van der Waals surface area contributed by atoms with Gasteiger partial charge in [-0.2, -0.15) is 4.98 Å². The third kappa shape index (κ3) is 3.53. The van der Waals surface area contributed by atoms with Crippen LogP contribution in [0, 0.1) is 10.1 Å². The lowest BCUT2D eigenvalue weighted by atomic mass is 10.3. The average molecular weight is 281 g/mol. The van der Waals surface area contributed by atoms with Crippen LogP contribution in [0.4, 0.5) is 17.5 Å². The number of nitro groups is 1. The molecule has 1 N–H and O–H groups in total. The molecule has 1 saturated heterocycles. The Kier molecular flexibility index (Phi) is 5.05. The standard InChI is InChI=1S/C12H19N5O3/c1-2-4-13-12-14-9-10(17(18)19)11(15-12)16-5-3-7-20-8-6-16/h9H,2-8H2,1H3,(H,13,14,15). The van der Waals surface area contributed by atoms with Gasteiger partial charge in [-0.3, -0.25) is 10.1 Å².